The molecule has 0 aromatic rings. The molecule has 2 rings (SSSR count). The van der Waals surface area contributed by atoms with E-state index in [0.29, 0.717) is 10.8 Å². The molecule has 0 saturated carbocycles. The molecule has 0 aromatic heterocycles. The zero-order chi connectivity index (χ0) is 17.4. The number of ether oxygens (including phenoxy) is 2. The van der Waals surface area contributed by atoms with Crippen LogP contribution in [0, 0.1) is 0 Å². The van der Waals surface area contributed by atoms with E-state index in [1.807, 2.05) is 32.6 Å². The third kappa shape index (κ3) is 4.21. The Balaban J connectivity index is 2.08. The fraction of sp³-hybridized carbons (Fsp3) is 0.706. The lowest BCUT2D eigenvalue weighted by molar-refractivity contribution is -0.0107. The number of hydrogen-bond acceptors (Lipinski definition) is 4. The first kappa shape index (κ1) is 18.1. The van der Waals surface area contributed by atoms with Crippen molar-refractivity contribution in [2.24, 2.45) is 0 Å². The average Bonchev–Trinajstić information content (AvgIpc) is 2.70. The summed E-state index contributed by atoms with van der Waals surface area (Å²) in [5, 5.41) is 3.78. The van der Waals surface area contributed by atoms with Crippen LogP contribution >= 0.6 is 11.6 Å². The maximum Gasteiger partial charge on any atom is 0.410 e. The number of piperazine rings is 1. The molecule has 0 spiro atoms. The SMILES string of the molecule is C=C(Cl)C(=C)O[C@@H](C)[C@H]1NC[C@H]2CC[C@@H]1N2C(=O)OC(C)(C)C. The Bertz CT molecular complexity index is 501. The molecule has 1 amide bonds. The highest BCUT2D eigenvalue weighted by atomic mass is 35.5. The lowest BCUT2D eigenvalue weighted by atomic mass is 10.0. The van der Waals surface area contributed by atoms with Gasteiger partial charge >= 0.3 is 6.09 Å². The van der Waals surface area contributed by atoms with Crippen molar-refractivity contribution >= 4 is 17.7 Å². The molecule has 0 aliphatic carbocycles. The molecule has 6 heteroatoms. The summed E-state index contributed by atoms with van der Waals surface area (Å²) in [6.07, 6.45) is 1.49. The van der Waals surface area contributed by atoms with Crippen molar-refractivity contribution in [3.05, 3.63) is 23.9 Å². The number of fused-ring (bicyclic) bond motifs is 2. The third-order valence-electron chi connectivity index (χ3n) is 4.29. The van der Waals surface area contributed by atoms with Crippen LogP contribution in [0.4, 0.5) is 4.79 Å². The number of halogens is 1. The van der Waals surface area contributed by atoms with Gasteiger partial charge in [-0.2, -0.15) is 0 Å². The average molecular weight is 343 g/mol. The minimum atomic E-state index is -0.496. The summed E-state index contributed by atoms with van der Waals surface area (Å²) in [5.74, 6) is 0.366. The highest BCUT2D eigenvalue weighted by Crippen LogP contribution is 2.33. The lowest BCUT2D eigenvalue weighted by Crippen LogP contribution is -2.63. The van der Waals surface area contributed by atoms with Crippen LogP contribution in [0.5, 0.6) is 0 Å². The lowest BCUT2D eigenvalue weighted by Gasteiger charge is -2.43. The summed E-state index contributed by atoms with van der Waals surface area (Å²) in [6, 6.07) is 0.244. The zero-order valence-electron chi connectivity index (χ0n) is 14.4. The number of carbonyl (C=O) groups is 1. The quantitative estimate of drug-likeness (QED) is 0.628. The molecule has 1 N–H and O–H groups in total. The van der Waals surface area contributed by atoms with Crippen LogP contribution in [0.1, 0.15) is 40.5 Å². The van der Waals surface area contributed by atoms with E-state index in [1.165, 1.54) is 0 Å². The van der Waals surface area contributed by atoms with Gasteiger partial charge in [0.05, 0.1) is 17.1 Å². The van der Waals surface area contributed by atoms with Gasteiger partial charge in [0.2, 0.25) is 0 Å². The van der Waals surface area contributed by atoms with Gasteiger partial charge in [0.15, 0.2) is 0 Å². The Morgan fingerprint density at radius 2 is 2.00 bits per heavy atom. The van der Waals surface area contributed by atoms with E-state index in [9.17, 15) is 4.79 Å². The van der Waals surface area contributed by atoms with E-state index < -0.39 is 5.60 Å². The van der Waals surface area contributed by atoms with Crippen molar-refractivity contribution in [2.45, 2.75) is 70.4 Å². The van der Waals surface area contributed by atoms with Crippen molar-refractivity contribution < 1.29 is 14.3 Å². The molecule has 0 radical (unpaired) electrons. The van der Waals surface area contributed by atoms with E-state index in [1.54, 1.807) is 0 Å². The smallest absolute Gasteiger partial charge is 0.410 e. The van der Waals surface area contributed by atoms with Gasteiger partial charge in [0, 0.05) is 12.6 Å². The van der Waals surface area contributed by atoms with Gasteiger partial charge in [-0.1, -0.05) is 24.8 Å². The van der Waals surface area contributed by atoms with E-state index in [-0.39, 0.29) is 30.3 Å². The Kier molecular flexibility index (Phi) is 5.31. The minimum absolute atomic E-state index is 0.00837. The predicted octanol–water partition coefficient (Wildman–Crippen LogP) is 3.40. The molecule has 2 aliphatic heterocycles. The molecule has 2 saturated heterocycles. The van der Waals surface area contributed by atoms with Crippen LogP contribution in [0.3, 0.4) is 0 Å². The van der Waals surface area contributed by atoms with Gasteiger partial charge < -0.3 is 14.8 Å². The molecule has 4 atom stereocenters. The molecule has 2 fully saturated rings. The number of rotatable bonds is 4. The fourth-order valence-electron chi connectivity index (χ4n) is 3.31. The molecular formula is C17H27ClN2O3. The van der Waals surface area contributed by atoms with Gasteiger partial charge in [0.1, 0.15) is 17.5 Å². The molecule has 5 nitrogen and oxygen atoms in total. The first-order valence-corrected chi connectivity index (χ1v) is 8.43. The number of hydrogen-bond donors (Lipinski definition) is 1. The standard InChI is InChI=1S/C17H27ClN2O3/c1-10(18)11(2)22-12(3)15-14-8-7-13(9-19-15)20(14)16(21)23-17(4,5)6/h12-15,19H,1-2,7-9H2,3-6H3/t12-,13+,14-,15+/m0/s1. The van der Waals surface area contributed by atoms with Crippen LogP contribution in [-0.4, -0.2) is 47.4 Å². The highest BCUT2D eigenvalue weighted by molar-refractivity contribution is 6.31. The molecule has 2 bridgehead atoms. The van der Waals surface area contributed by atoms with Gasteiger partial charge in [-0.3, -0.25) is 4.90 Å². The van der Waals surface area contributed by atoms with E-state index in [2.05, 4.69) is 18.5 Å². The van der Waals surface area contributed by atoms with Crippen LogP contribution in [0.15, 0.2) is 23.9 Å². The molecule has 0 aromatic carbocycles. The Hall–Kier alpha value is -1.20. The Labute approximate surface area is 143 Å². The van der Waals surface area contributed by atoms with Gasteiger partial charge in [-0.15, -0.1) is 0 Å². The van der Waals surface area contributed by atoms with Crippen molar-refractivity contribution in [1.82, 2.24) is 10.2 Å². The minimum Gasteiger partial charge on any atom is -0.488 e. The largest absolute Gasteiger partial charge is 0.488 e. The second kappa shape index (κ2) is 6.73. The maximum atomic E-state index is 12.6. The molecule has 130 valence electrons. The zero-order valence-corrected chi connectivity index (χ0v) is 15.2. The summed E-state index contributed by atoms with van der Waals surface area (Å²) in [7, 11) is 0. The van der Waals surface area contributed by atoms with Gasteiger partial charge in [0.25, 0.3) is 0 Å². The summed E-state index contributed by atoms with van der Waals surface area (Å²) >= 11 is 5.82. The number of allylic oxidation sites excluding steroid dienone is 1. The highest BCUT2D eigenvalue weighted by Gasteiger charge is 2.48. The number of nitrogens with one attached hydrogen (secondary N) is 1. The topological polar surface area (TPSA) is 50.8 Å². The van der Waals surface area contributed by atoms with Crippen LogP contribution in [0.25, 0.3) is 0 Å². The maximum absolute atomic E-state index is 12.6. The van der Waals surface area contributed by atoms with Crippen molar-refractivity contribution in [1.29, 1.82) is 0 Å². The molecule has 23 heavy (non-hydrogen) atoms. The monoisotopic (exact) mass is 342 g/mol. The van der Waals surface area contributed by atoms with E-state index in [0.717, 1.165) is 19.4 Å². The first-order valence-electron chi connectivity index (χ1n) is 8.05. The van der Waals surface area contributed by atoms with Crippen molar-refractivity contribution in [3.8, 4) is 0 Å². The predicted molar refractivity (Wildman–Crippen MR) is 91.4 cm³/mol. The number of amides is 1. The second-order valence-electron chi connectivity index (χ2n) is 7.27. The first-order chi connectivity index (χ1) is 10.6. The molecule has 2 heterocycles. The second-order valence-corrected chi connectivity index (χ2v) is 7.73. The third-order valence-corrected chi connectivity index (χ3v) is 4.50. The number of nitrogens with zero attached hydrogens (tertiary/aromatic N) is 1. The van der Waals surface area contributed by atoms with Crippen molar-refractivity contribution in [3.63, 3.8) is 0 Å². The van der Waals surface area contributed by atoms with Gasteiger partial charge in [-0.05, 0) is 40.5 Å². The van der Waals surface area contributed by atoms with Gasteiger partial charge in [-0.25, -0.2) is 4.79 Å². The van der Waals surface area contributed by atoms with Crippen LogP contribution in [0.2, 0.25) is 0 Å². The molecule has 0 unspecified atom stereocenters. The van der Waals surface area contributed by atoms with Crippen LogP contribution < -0.4 is 5.32 Å². The van der Waals surface area contributed by atoms with Crippen LogP contribution in [-0.2, 0) is 9.47 Å². The number of carbonyl (C=O) groups excluding carboxylic acids is 1. The van der Waals surface area contributed by atoms with E-state index >= 15 is 0 Å². The van der Waals surface area contributed by atoms with Crippen molar-refractivity contribution in [2.75, 3.05) is 6.54 Å². The summed E-state index contributed by atoms with van der Waals surface area (Å²) in [4.78, 5) is 14.4. The summed E-state index contributed by atoms with van der Waals surface area (Å²) in [5.41, 5.74) is -0.496. The fourth-order valence-corrected chi connectivity index (χ4v) is 3.36. The summed E-state index contributed by atoms with van der Waals surface area (Å²) < 4.78 is 11.3. The molecular weight excluding hydrogens is 316 g/mol. The molecule has 2 aliphatic rings. The Morgan fingerprint density at radius 3 is 2.57 bits per heavy atom. The normalized spacial score (nSPS) is 28.2. The Morgan fingerprint density at radius 1 is 1.35 bits per heavy atom. The summed E-state index contributed by atoms with van der Waals surface area (Å²) in [6.45, 7) is 15.7. The van der Waals surface area contributed by atoms with E-state index in [4.69, 9.17) is 21.1 Å².